The van der Waals surface area contributed by atoms with Gasteiger partial charge in [0.1, 0.15) is 29.2 Å². The molecule has 0 amide bonds. The zero-order valence-corrected chi connectivity index (χ0v) is 19.5. The van der Waals surface area contributed by atoms with Gasteiger partial charge >= 0.3 is 5.97 Å². The summed E-state index contributed by atoms with van der Waals surface area (Å²) in [5.41, 5.74) is 1.54. The molecule has 10 heteroatoms. The van der Waals surface area contributed by atoms with E-state index >= 15 is 0 Å². The lowest BCUT2D eigenvalue weighted by molar-refractivity contribution is -0.147. The molecular formula is C25H22FN3O5S. The number of ether oxygens (including phenoxy) is 1. The van der Waals surface area contributed by atoms with Crippen LogP contribution in [0.4, 0.5) is 4.39 Å². The summed E-state index contributed by atoms with van der Waals surface area (Å²) in [4.78, 5) is 31.7. The highest BCUT2D eigenvalue weighted by Crippen LogP contribution is 2.16. The van der Waals surface area contributed by atoms with E-state index in [1.165, 1.54) is 12.1 Å². The molecule has 35 heavy (non-hydrogen) atoms. The summed E-state index contributed by atoms with van der Waals surface area (Å²) in [6, 6.07) is 17.4. The molecule has 1 aromatic heterocycles. The van der Waals surface area contributed by atoms with Crippen molar-refractivity contribution in [3.05, 3.63) is 106 Å². The van der Waals surface area contributed by atoms with Gasteiger partial charge in [-0.2, -0.15) is 4.72 Å². The molecule has 0 radical (unpaired) electrons. The van der Waals surface area contributed by atoms with Gasteiger partial charge < -0.3 is 9.72 Å². The first-order chi connectivity index (χ1) is 16.7. The van der Waals surface area contributed by atoms with Crippen molar-refractivity contribution >= 4 is 26.9 Å². The minimum absolute atomic E-state index is 0.0336. The summed E-state index contributed by atoms with van der Waals surface area (Å²) in [5.74, 6) is -1.73. The summed E-state index contributed by atoms with van der Waals surface area (Å²) in [6.45, 7) is 1.42. The van der Waals surface area contributed by atoms with E-state index in [1.807, 2.05) is 0 Å². The second kappa shape index (κ2) is 10.2. The molecule has 0 aliphatic heterocycles. The van der Waals surface area contributed by atoms with Crippen LogP contribution >= 0.6 is 0 Å². The number of sulfonamides is 1. The lowest BCUT2D eigenvalue weighted by atomic mass is 10.1. The summed E-state index contributed by atoms with van der Waals surface area (Å²) in [6.07, 6.45) is -0.0336. The molecule has 0 unspecified atom stereocenters. The molecule has 0 fully saturated rings. The lowest BCUT2D eigenvalue weighted by Crippen LogP contribution is -2.43. The van der Waals surface area contributed by atoms with Crippen LogP contribution in [0.25, 0.3) is 10.9 Å². The van der Waals surface area contributed by atoms with Crippen molar-refractivity contribution in [2.24, 2.45) is 0 Å². The number of fused-ring (bicyclic) bond motifs is 1. The Balaban J connectivity index is 1.58. The number of rotatable bonds is 8. The number of H-pyrrole nitrogens is 1. The first kappa shape index (κ1) is 24.2. The van der Waals surface area contributed by atoms with Gasteiger partial charge in [0.15, 0.2) is 0 Å². The molecule has 0 spiro atoms. The van der Waals surface area contributed by atoms with E-state index in [9.17, 15) is 22.4 Å². The lowest BCUT2D eigenvalue weighted by Gasteiger charge is -2.18. The molecule has 2 N–H and O–H groups in total. The fourth-order valence-corrected chi connectivity index (χ4v) is 4.86. The first-order valence-electron chi connectivity index (χ1n) is 10.7. The second-order valence-corrected chi connectivity index (χ2v) is 9.57. The number of nitrogens with one attached hydrogen (secondary N) is 2. The quantitative estimate of drug-likeness (QED) is 0.363. The zero-order valence-electron chi connectivity index (χ0n) is 18.7. The van der Waals surface area contributed by atoms with E-state index in [-0.39, 0.29) is 24.4 Å². The van der Waals surface area contributed by atoms with Crippen molar-refractivity contribution in [1.82, 2.24) is 14.7 Å². The minimum Gasteiger partial charge on any atom is -0.456 e. The predicted octanol–water partition coefficient (Wildman–Crippen LogP) is 3.00. The average Bonchev–Trinajstić information content (AvgIpc) is 2.83. The highest BCUT2D eigenvalue weighted by molar-refractivity contribution is 7.89. The maximum Gasteiger partial charge on any atom is 0.324 e. The van der Waals surface area contributed by atoms with Gasteiger partial charge in [-0.15, -0.1) is 0 Å². The molecule has 180 valence electrons. The van der Waals surface area contributed by atoms with E-state index in [0.717, 1.165) is 17.7 Å². The van der Waals surface area contributed by atoms with E-state index < -0.39 is 32.7 Å². The molecule has 4 rings (SSSR count). The average molecular weight is 496 g/mol. The Hall–Kier alpha value is -3.89. The van der Waals surface area contributed by atoms with Crippen LogP contribution in [0.15, 0.2) is 82.5 Å². The van der Waals surface area contributed by atoms with Crippen LogP contribution in [-0.2, 0) is 32.6 Å². The van der Waals surface area contributed by atoms with Gasteiger partial charge in [-0.3, -0.25) is 9.59 Å². The van der Waals surface area contributed by atoms with Crippen LogP contribution in [-0.4, -0.2) is 30.4 Å². The van der Waals surface area contributed by atoms with Gasteiger partial charge in [-0.25, -0.2) is 17.8 Å². The topological polar surface area (TPSA) is 118 Å². The molecule has 0 aliphatic rings. The van der Waals surface area contributed by atoms with E-state index in [2.05, 4.69) is 14.7 Å². The Kier molecular flexibility index (Phi) is 7.04. The molecule has 0 aliphatic carbocycles. The number of hydrogen-bond acceptors (Lipinski definition) is 6. The summed E-state index contributed by atoms with van der Waals surface area (Å²) in [7, 11) is -4.38. The van der Waals surface area contributed by atoms with Crippen molar-refractivity contribution in [1.29, 1.82) is 0 Å². The molecule has 8 nitrogen and oxygen atoms in total. The maximum atomic E-state index is 14.2. The molecule has 3 aromatic carbocycles. The number of para-hydroxylation sites is 1. The Morgan fingerprint density at radius 2 is 1.77 bits per heavy atom. The second-order valence-electron chi connectivity index (χ2n) is 7.89. The fraction of sp³-hybridized carbons (Fsp3) is 0.160. The molecule has 1 heterocycles. The third-order valence-electron chi connectivity index (χ3n) is 5.33. The number of hydrogen-bond donors (Lipinski definition) is 2. The monoisotopic (exact) mass is 495 g/mol. The number of carbonyl (C=O) groups excluding carboxylic acids is 1. The number of nitrogens with zero attached hydrogens (tertiary/aromatic N) is 1. The summed E-state index contributed by atoms with van der Waals surface area (Å²) < 4.78 is 47.4. The van der Waals surface area contributed by atoms with Crippen LogP contribution in [0, 0.1) is 12.7 Å². The van der Waals surface area contributed by atoms with Gasteiger partial charge in [0.05, 0.1) is 10.9 Å². The number of aromatic amines is 1. The molecule has 0 saturated heterocycles. The third kappa shape index (κ3) is 5.61. The summed E-state index contributed by atoms with van der Waals surface area (Å²) in [5, 5.41) is 0.402. The normalized spacial score (nSPS) is 12.4. The van der Waals surface area contributed by atoms with Crippen molar-refractivity contribution in [2.75, 3.05) is 0 Å². The number of halogens is 1. The van der Waals surface area contributed by atoms with Gasteiger partial charge in [0.2, 0.25) is 10.0 Å². The number of esters is 1. The van der Waals surface area contributed by atoms with Crippen molar-refractivity contribution in [3.63, 3.8) is 0 Å². The Morgan fingerprint density at radius 3 is 2.51 bits per heavy atom. The van der Waals surface area contributed by atoms with E-state index in [4.69, 9.17) is 4.74 Å². The van der Waals surface area contributed by atoms with Crippen LogP contribution in [0.3, 0.4) is 0 Å². The van der Waals surface area contributed by atoms with Crippen LogP contribution < -0.4 is 10.3 Å². The standard InChI is InChI=1S/C25H22FN3O5S/c1-16-8-7-11-18-23(16)27-22(28-24(18)30)15-34-25(31)20(14-17-9-3-2-4-10-17)29-35(32,33)21-13-6-5-12-19(21)26/h2-13,20,29H,14-15H2,1H3,(H,27,28,30)/t20-/m0/s1. The van der Waals surface area contributed by atoms with Crippen LogP contribution in [0.2, 0.25) is 0 Å². The highest BCUT2D eigenvalue weighted by Gasteiger charge is 2.29. The van der Waals surface area contributed by atoms with Gasteiger partial charge in [-0.05, 0) is 42.7 Å². The fourth-order valence-electron chi connectivity index (χ4n) is 3.60. The number of benzene rings is 3. The molecule has 1 atom stereocenters. The van der Waals surface area contributed by atoms with Gasteiger partial charge in [0, 0.05) is 0 Å². The first-order valence-corrected chi connectivity index (χ1v) is 12.2. The highest BCUT2D eigenvalue weighted by atomic mass is 32.2. The summed E-state index contributed by atoms with van der Waals surface area (Å²) >= 11 is 0. The minimum atomic E-state index is -4.38. The number of aryl methyl sites for hydroxylation is 1. The maximum absolute atomic E-state index is 14.2. The zero-order chi connectivity index (χ0) is 25.0. The van der Waals surface area contributed by atoms with Crippen molar-refractivity contribution in [2.45, 2.75) is 30.9 Å². The third-order valence-corrected chi connectivity index (χ3v) is 6.83. The number of aromatic nitrogens is 2. The predicted molar refractivity (Wildman–Crippen MR) is 128 cm³/mol. The smallest absolute Gasteiger partial charge is 0.324 e. The molecular weight excluding hydrogens is 473 g/mol. The SMILES string of the molecule is Cc1cccc2c(=O)[nH]c(COC(=O)[C@H](Cc3ccccc3)NS(=O)(=O)c3ccccc3F)nc12. The van der Waals surface area contributed by atoms with E-state index in [0.29, 0.717) is 16.5 Å². The Morgan fingerprint density at radius 1 is 1.06 bits per heavy atom. The van der Waals surface area contributed by atoms with Crippen LogP contribution in [0.5, 0.6) is 0 Å². The van der Waals surface area contributed by atoms with Crippen molar-refractivity contribution in [3.8, 4) is 0 Å². The molecule has 0 saturated carbocycles. The Bertz CT molecular complexity index is 1540. The van der Waals surface area contributed by atoms with E-state index in [1.54, 1.807) is 55.5 Å². The van der Waals surface area contributed by atoms with Gasteiger partial charge in [-0.1, -0.05) is 54.6 Å². The van der Waals surface area contributed by atoms with Crippen LogP contribution in [0.1, 0.15) is 17.0 Å². The van der Waals surface area contributed by atoms with Crippen molar-refractivity contribution < 1.29 is 22.3 Å². The molecule has 4 aromatic rings. The number of carbonyl (C=O) groups is 1. The largest absolute Gasteiger partial charge is 0.456 e. The Labute approximate surface area is 200 Å². The van der Waals surface area contributed by atoms with Gasteiger partial charge in [0.25, 0.3) is 5.56 Å². The molecule has 0 bridgehead atoms.